The van der Waals surface area contributed by atoms with Crippen molar-refractivity contribution in [1.82, 2.24) is 10.2 Å². The normalized spacial score (nSPS) is 17.7. The van der Waals surface area contributed by atoms with Crippen LogP contribution in [-0.4, -0.2) is 36.3 Å². The van der Waals surface area contributed by atoms with Gasteiger partial charge in [-0.15, -0.1) is 0 Å². The van der Waals surface area contributed by atoms with E-state index < -0.39 is 6.09 Å². The maximum absolute atomic E-state index is 10.9. The lowest BCUT2D eigenvalue weighted by Gasteiger charge is -2.31. The van der Waals surface area contributed by atoms with Gasteiger partial charge in [0, 0.05) is 13.1 Å². The number of hydrogen-bond donors (Lipinski definition) is 1. The maximum atomic E-state index is 10.9. The van der Waals surface area contributed by atoms with Gasteiger partial charge in [-0.3, -0.25) is 5.32 Å². The number of likely N-dealkylation sites (tertiary alicyclic amines) is 1. The molecule has 0 saturated carbocycles. The number of piperidine rings is 1. The van der Waals surface area contributed by atoms with E-state index in [-0.39, 0.29) is 0 Å². The Morgan fingerprint density at radius 2 is 2.07 bits per heavy atom. The Labute approximate surface area is 89.6 Å². The van der Waals surface area contributed by atoms with Crippen molar-refractivity contribution in [3.8, 4) is 0 Å². The SMILES string of the molecule is COC(=O)NC(=S)N1CCC(C)CC1. The van der Waals surface area contributed by atoms with Gasteiger partial charge in [-0.05, 0) is 31.0 Å². The zero-order chi connectivity index (χ0) is 10.6. The van der Waals surface area contributed by atoms with Crippen LogP contribution in [-0.2, 0) is 4.74 Å². The Balaban J connectivity index is 2.34. The molecule has 0 atom stereocenters. The highest BCUT2D eigenvalue weighted by Crippen LogP contribution is 2.15. The summed E-state index contributed by atoms with van der Waals surface area (Å²) in [6.07, 6.45) is 1.76. The number of thiocarbonyl (C=S) groups is 1. The molecule has 0 aromatic heterocycles. The van der Waals surface area contributed by atoms with Crippen LogP contribution in [0.1, 0.15) is 19.8 Å². The van der Waals surface area contributed by atoms with Gasteiger partial charge in [0.05, 0.1) is 7.11 Å². The van der Waals surface area contributed by atoms with Crippen LogP contribution in [0.2, 0.25) is 0 Å². The molecule has 0 bridgehead atoms. The minimum absolute atomic E-state index is 0.476. The van der Waals surface area contributed by atoms with Gasteiger partial charge in [0.2, 0.25) is 0 Å². The van der Waals surface area contributed by atoms with Crippen LogP contribution in [0.15, 0.2) is 0 Å². The maximum Gasteiger partial charge on any atom is 0.413 e. The van der Waals surface area contributed by atoms with Gasteiger partial charge in [0.1, 0.15) is 0 Å². The molecule has 5 heteroatoms. The Morgan fingerprint density at radius 1 is 1.50 bits per heavy atom. The predicted octanol–water partition coefficient (Wildman–Crippen LogP) is 1.36. The van der Waals surface area contributed by atoms with Crippen LogP contribution < -0.4 is 5.32 Å². The van der Waals surface area contributed by atoms with Crippen LogP contribution in [0.5, 0.6) is 0 Å². The van der Waals surface area contributed by atoms with Crippen molar-refractivity contribution in [2.24, 2.45) is 5.92 Å². The molecule has 1 heterocycles. The lowest BCUT2D eigenvalue weighted by Crippen LogP contribution is -2.46. The summed E-state index contributed by atoms with van der Waals surface area (Å²) in [6, 6.07) is 0. The van der Waals surface area contributed by atoms with E-state index in [0.29, 0.717) is 5.11 Å². The second kappa shape index (κ2) is 5.14. The minimum Gasteiger partial charge on any atom is -0.453 e. The second-order valence-electron chi connectivity index (χ2n) is 3.59. The third-order valence-corrected chi connectivity index (χ3v) is 2.83. The molecule has 1 saturated heterocycles. The molecule has 80 valence electrons. The van der Waals surface area contributed by atoms with E-state index in [4.69, 9.17) is 12.2 Å². The summed E-state index contributed by atoms with van der Waals surface area (Å²) < 4.78 is 4.47. The van der Waals surface area contributed by atoms with Gasteiger partial charge < -0.3 is 9.64 Å². The average Bonchev–Trinajstić information content (AvgIpc) is 2.18. The summed E-state index contributed by atoms with van der Waals surface area (Å²) in [5, 5.41) is 2.99. The number of hydrogen-bond acceptors (Lipinski definition) is 3. The van der Waals surface area contributed by atoms with Gasteiger partial charge in [0.15, 0.2) is 5.11 Å². The number of alkyl carbamates (subject to hydrolysis) is 1. The molecule has 14 heavy (non-hydrogen) atoms. The van der Waals surface area contributed by atoms with Gasteiger partial charge in [0.25, 0.3) is 0 Å². The monoisotopic (exact) mass is 216 g/mol. The number of carbonyl (C=O) groups excluding carboxylic acids is 1. The van der Waals surface area contributed by atoms with E-state index in [9.17, 15) is 4.79 Å². The quantitative estimate of drug-likeness (QED) is 0.621. The summed E-state index contributed by atoms with van der Waals surface area (Å²) in [5.41, 5.74) is 0. The number of amides is 1. The first-order valence-corrected chi connectivity index (χ1v) is 5.18. The number of carbonyl (C=O) groups is 1. The largest absolute Gasteiger partial charge is 0.453 e. The molecule has 1 fully saturated rings. The van der Waals surface area contributed by atoms with Crippen molar-refractivity contribution >= 4 is 23.4 Å². The molecule has 4 nitrogen and oxygen atoms in total. The lowest BCUT2D eigenvalue weighted by molar-refractivity contribution is 0.174. The molecule has 1 aliphatic rings. The number of nitrogens with one attached hydrogen (secondary N) is 1. The summed E-state index contributed by atoms with van der Waals surface area (Å²) in [4.78, 5) is 12.9. The minimum atomic E-state index is -0.492. The zero-order valence-corrected chi connectivity index (χ0v) is 9.39. The van der Waals surface area contributed by atoms with Crippen LogP contribution in [0.25, 0.3) is 0 Å². The molecular weight excluding hydrogens is 200 g/mol. The summed E-state index contributed by atoms with van der Waals surface area (Å²) in [7, 11) is 1.33. The molecule has 0 spiro atoms. The molecule has 0 aliphatic carbocycles. The third kappa shape index (κ3) is 3.14. The van der Waals surface area contributed by atoms with Gasteiger partial charge in [-0.25, -0.2) is 4.79 Å². The fourth-order valence-corrected chi connectivity index (χ4v) is 1.69. The van der Waals surface area contributed by atoms with Crippen molar-refractivity contribution in [2.75, 3.05) is 20.2 Å². The van der Waals surface area contributed by atoms with Crippen molar-refractivity contribution in [3.05, 3.63) is 0 Å². The van der Waals surface area contributed by atoms with E-state index in [2.05, 4.69) is 17.0 Å². The summed E-state index contributed by atoms with van der Waals surface area (Å²) in [5.74, 6) is 0.757. The molecule has 0 radical (unpaired) electrons. The highest BCUT2D eigenvalue weighted by atomic mass is 32.1. The fourth-order valence-electron chi connectivity index (χ4n) is 1.43. The van der Waals surface area contributed by atoms with Crippen LogP contribution in [0, 0.1) is 5.92 Å². The average molecular weight is 216 g/mol. The van der Waals surface area contributed by atoms with E-state index in [1.165, 1.54) is 7.11 Å². The van der Waals surface area contributed by atoms with Crippen molar-refractivity contribution in [1.29, 1.82) is 0 Å². The second-order valence-corrected chi connectivity index (χ2v) is 3.98. The Kier molecular flexibility index (Phi) is 4.13. The van der Waals surface area contributed by atoms with Gasteiger partial charge in [-0.1, -0.05) is 6.92 Å². The Hall–Kier alpha value is -0.840. The number of nitrogens with zero attached hydrogens (tertiary/aromatic N) is 1. The highest BCUT2D eigenvalue weighted by Gasteiger charge is 2.18. The summed E-state index contributed by atoms with van der Waals surface area (Å²) in [6.45, 7) is 4.07. The molecule has 0 aromatic carbocycles. The van der Waals surface area contributed by atoms with Crippen LogP contribution in [0.4, 0.5) is 4.79 Å². The standard InChI is InChI=1S/C9H16N2O2S/c1-7-3-5-11(6-4-7)8(14)10-9(12)13-2/h7H,3-6H2,1-2H3,(H,10,12,14). The highest BCUT2D eigenvalue weighted by molar-refractivity contribution is 7.80. The zero-order valence-electron chi connectivity index (χ0n) is 8.58. The van der Waals surface area contributed by atoms with Crippen molar-refractivity contribution in [3.63, 3.8) is 0 Å². The predicted molar refractivity (Wildman–Crippen MR) is 58.1 cm³/mol. The number of methoxy groups -OCH3 is 1. The first-order chi connectivity index (χ1) is 6.63. The van der Waals surface area contributed by atoms with Crippen molar-refractivity contribution < 1.29 is 9.53 Å². The first-order valence-electron chi connectivity index (χ1n) is 4.77. The van der Waals surface area contributed by atoms with E-state index in [0.717, 1.165) is 31.8 Å². The Bertz CT molecular complexity index is 225. The Morgan fingerprint density at radius 3 is 2.57 bits per heavy atom. The van der Waals surface area contributed by atoms with Gasteiger partial charge >= 0.3 is 6.09 Å². The smallest absolute Gasteiger partial charge is 0.413 e. The molecule has 1 N–H and O–H groups in total. The molecule has 1 amide bonds. The molecule has 1 aliphatic heterocycles. The first kappa shape index (κ1) is 11.2. The molecular formula is C9H16N2O2S. The number of rotatable bonds is 0. The lowest BCUT2D eigenvalue weighted by atomic mass is 10.00. The third-order valence-electron chi connectivity index (χ3n) is 2.47. The molecule has 0 unspecified atom stereocenters. The van der Waals surface area contributed by atoms with Crippen molar-refractivity contribution in [2.45, 2.75) is 19.8 Å². The van der Waals surface area contributed by atoms with Crippen LogP contribution in [0.3, 0.4) is 0 Å². The van der Waals surface area contributed by atoms with Gasteiger partial charge in [-0.2, -0.15) is 0 Å². The summed E-state index contributed by atoms with van der Waals surface area (Å²) >= 11 is 5.07. The fraction of sp³-hybridized carbons (Fsp3) is 0.778. The topological polar surface area (TPSA) is 41.6 Å². The molecule has 0 aromatic rings. The van der Waals surface area contributed by atoms with E-state index in [1.54, 1.807) is 0 Å². The van der Waals surface area contributed by atoms with E-state index in [1.807, 2.05) is 4.90 Å². The number of ether oxygens (including phenoxy) is 1. The molecule has 1 rings (SSSR count). The van der Waals surface area contributed by atoms with Crippen LogP contribution >= 0.6 is 12.2 Å². The van der Waals surface area contributed by atoms with E-state index >= 15 is 0 Å².